The van der Waals surface area contributed by atoms with Crippen LogP contribution in [-0.2, 0) is 9.59 Å². The number of nitrogens with zero attached hydrogens (tertiary/aromatic N) is 1. The van der Waals surface area contributed by atoms with Crippen LogP contribution < -0.4 is 16.0 Å². The zero-order chi connectivity index (χ0) is 22.5. The number of hydrogen-bond acceptors (Lipinski definition) is 5. The number of rotatable bonds is 8. The van der Waals surface area contributed by atoms with Crippen LogP contribution in [0.15, 0.2) is 65.2 Å². The second-order valence-corrected chi connectivity index (χ2v) is 7.80. The smallest absolute Gasteiger partial charge is 0.273 e. The summed E-state index contributed by atoms with van der Waals surface area (Å²) in [7, 11) is 0. The summed E-state index contributed by atoms with van der Waals surface area (Å²) in [6, 6.07) is 17.9. The third kappa shape index (κ3) is 5.40. The summed E-state index contributed by atoms with van der Waals surface area (Å²) in [5, 5.41) is 12.0. The van der Waals surface area contributed by atoms with Gasteiger partial charge in [0, 0.05) is 23.2 Å². The fourth-order valence-corrected chi connectivity index (χ4v) is 3.19. The molecule has 2 aromatic carbocycles. The molecule has 3 N–H and O–H groups in total. The van der Waals surface area contributed by atoms with E-state index in [2.05, 4.69) is 21.1 Å². The molecular weight excluding hydrogens is 408 g/mol. The molecule has 1 unspecified atom stereocenters. The highest BCUT2D eigenvalue weighted by atomic mass is 16.5. The SMILES string of the molecule is CC(NC(=O)CNC(=O)c1cc(-c2ccccc2)on1)c1ccc(NC(=O)C2CC2)cc1. The van der Waals surface area contributed by atoms with Crippen molar-refractivity contribution in [2.24, 2.45) is 5.92 Å². The second-order valence-electron chi connectivity index (χ2n) is 7.80. The first-order valence-electron chi connectivity index (χ1n) is 10.5. The molecule has 0 bridgehead atoms. The van der Waals surface area contributed by atoms with Gasteiger partial charge in [-0.2, -0.15) is 0 Å². The van der Waals surface area contributed by atoms with Gasteiger partial charge in [-0.15, -0.1) is 0 Å². The molecule has 1 aromatic heterocycles. The number of nitrogens with one attached hydrogen (secondary N) is 3. The lowest BCUT2D eigenvalue weighted by molar-refractivity contribution is -0.120. The summed E-state index contributed by atoms with van der Waals surface area (Å²) < 4.78 is 5.21. The first kappa shape index (κ1) is 21.3. The van der Waals surface area contributed by atoms with Crippen LogP contribution in [0.1, 0.15) is 41.9 Å². The first-order chi connectivity index (χ1) is 15.5. The standard InChI is InChI=1S/C24H24N4O4/c1-15(16-9-11-19(12-10-16)27-23(30)18-7-8-18)26-22(29)14-25-24(31)20-13-21(32-28-20)17-5-3-2-4-6-17/h2-6,9-13,15,18H,7-8,14H2,1H3,(H,25,31)(H,26,29)(H,27,30). The Hall–Kier alpha value is -3.94. The van der Waals surface area contributed by atoms with Crippen LogP contribution in [0.2, 0.25) is 0 Å². The van der Waals surface area contributed by atoms with E-state index in [1.807, 2.05) is 61.5 Å². The van der Waals surface area contributed by atoms with E-state index in [9.17, 15) is 14.4 Å². The van der Waals surface area contributed by atoms with E-state index < -0.39 is 5.91 Å². The van der Waals surface area contributed by atoms with E-state index in [1.54, 1.807) is 0 Å². The Kier molecular flexibility index (Phi) is 6.30. The van der Waals surface area contributed by atoms with Gasteiger partial charge in [0.2, 0.25) is 11.8 Å². The minimum absolute atomic E-state index is 0.0536. The summed E-state index contributed by atoms with van der Waals surface area (Å²) in [4.78, 5) is 36.4. The molecule has 1 fully saturated rings. The van der Waals surface area contributed by atoms with Crippen molar-refractivity contribution in [1.82, 2.24) is 15.8 Å². The van der Waals surface area contributed by atoms with Gasteiger partial charge in [0.1, 0.15) is 0 Å². The normalized spacial score (nSPS) is 13.8. The molecule has 0 aliphatic heterocycles. The molecule has 3 aromatic rings. The summed E-state index contributed by atoms with van der Waals surface area (Å²) in [6.45, 7) is 1.66. The van der Waals surface area contributed by atoms with Gasteiger partial charge in [-0.25, -0.2) is 0 Å². The van der Waals surface area contributed by atoms with E-state index in [1.165, 1.54) is 6.07 Å². The van der Waals surface area contributed by atoms with Gasteiger partial charge in [0.05, 0.1) is 12.6 Å². The molecular formula is C24H24N4O4. The second kappa shape index (κ2) is 9.47. The molecule has 8 nitrogen and oxygen atoms in total. The molecule has 1 aliphatic carbocycles. The van der Waals surface area contributed by atoms with Crippen molar-refractivity contribution < 1.29 is 18.9 Å². The number of carbonyl (C=O) groups excluding carboxylic acids is 3. The van der Waals surface area contributed by atoms with Crippen molar-refractivity contribution in [2.75, 3.05) is 11.9 Å². The van der Waals surface area contributed by atoms with E-state index in [0.717, 1.165) is 29.7 Å². The minimum Gasteiger partial charge on any atom is -0.355 e. The van der Waals surface area contributed by atoms with Gasteiger partial charge < -0.3 is 20.5 Å². The van der Waals surface area contributed by atoms with E-state index >= 15 is 0 Å². The largest absolute Gasteiger partial charge is 0.355 e. The fraction of sp³-hybridized carbons (Fsp3) is 0.250. The van der Waals surface area contributed by atoms with Gasteiger partial charge in [-0.3, -0.25) is 14.4 Å². The number of hydrogen-bond donors (Lipinski definition) is 3. The van der Waals surface area contributed by atoms with Crippen molar-refractivity contribution in [3.63, 3.8) is 0 Å². The molecule has 1 saturated carbocycles. The number of benzene rings is 2. The van der Waals surface area contributed by atoms with Gasteiger partial charge in [0.25, 0.3) is 5.91 Å². The zero-order valence-electron chi connectivity index (χ0n) is 17.6. The topological polar surface area (TPSA) is 113 Å². The van der Waals surface area contributed by atoms with Crippen LogP contribution >= 0.6 is 0 Å². The van der Waals surface area contributed by atoms with Gasteiger partial charge in [-0.05, 0) is 37.5 Å². The molecule has 1 heterocycles. The van der Waals surface area contributed by atoms with Gasteiger partial charge in [0.15, 0.2) is 11.5 Å². The Morgan fingerprint density at radius 2 is 1.78 bits per heavy atom. The van der Waals surface area contributed by atoms with Crippen LogP contribution in [-0.4, -0.2) is 29.4 Å². The third-order valence-corrected chi connectivity index (χ3v) is 5.21. The lowest BCUT2D eigenvalue weighted by Gasteiger charge is -2.15. The molecule has 1 atom stereocenters. The van der Waals surface area contributed by atoms with Crippen molar-refractivity contribution in [1.29, 1.82) is 0 Å². The lowest BCUT2D eigenvalue weighted by atomic mass is 10.1. The van der Waals surface area contributed by atoms with E-state index in [4.69, 9.17) is 4.52 Å². The van der Waals surface area contributed by atoms with Crippen molar-refractivity contribution in [2.45, 2.75) is 25.8 Å². The molecule has 0 saturated heterocycles. The average molecular weight is 432 g/mol. The van der Waals surface area contributed by atoms with Crippen LogP contribution in [0, 0.1) is 5.92 Å². The third-order valence-electron chi connectivity index (χ3n) is 5.21. The molecule has 3 amide bonds. The monoisotopic (exact) mass is 432 g/mol. The maximum absolute atomic E-state index is 12.3. The molecule has 4 rings (SSSR count). The number of amides is 3. The van der Waals surface area contributed by atoms with Gasteiger partial charge in [-0.1, -0.05) is 47.6 Å². The van der Waals surface area contributed by atoms with Crippen molar-refractivity contribution in [3.05, 3.63) is 71.9 Å². The summed E-state index contributed by atoms with van der Waals surface area (Å²) in [6.07, 6.45) is 1.91. The van der Waals surface area contributed by atoms with Crippen molar-refractivity contribution in [3.8, 4) is 11.3 Å². The maximum atomic E-state index is 12.3. The summed E-state index contributed by atoms with van der Waals surface area (Å²) >= 11 is 0. The highest BCUT2D eigenvalue weighted by Crippen LogP contribution is 2.30. The van der Waals surface area contributed by atoms with Gasteiger partial charge >= 0.3 is 0 Å². The fourth-order valence-electron chi connectivity index (χ4n) is 3.19. The van der Waals surface area contributed by atoms with Crippen LogP contribution in [0.25, 0.3) is 11.3 Å². The molecule has 0 radical (unpaired) electrons. The Morgan fingerprint density at radius 3 is 2.47 bits per heavy atom. The minimum atomic E-state index is -0.491. The Labute approximate surface area is 185 Å². The molecule has 0 spiro atoms. The molecule has 1 aliphatic rings. The Balaban J connectivity index is 1.25. The van der Waals surface area contributed by atoms with Crippen LogP contribution in [0.4, 0.5) is 5.69 Å². The molecule has 32 heavy (non-hydrogen) atoms. The summed E-state index contributed by atoms with van der Waals surface area (Å²) in [5.41, 5.74) is 2.54. The zero-order valence-corrected chi connectivity index (χ0v) is 17.6. The predicted octanol–water partition coefficient (Wildman–Crippen LogP) is 3.30. The Morgan fingerprint density at radius 1 is 1.06 bits per heavy atom. The predicted molar refractivity (Wildman–Crippen MR) is 119 cm³/mol. The quantitative estimate of drug-likeness (QED) is 0.505. The molecule has 8 heteroatoms. The summed E-state index contributed by atoms with van der Waals surface area (Å²) in [5.74, 6) is -0.146. The Bertz CT molecular complexity index is 1100. The number of carbonyl (C=O) groups is 3. The molecule has 164 valence electrons. The maximum Gasteiger partial charge on any atom is 0.273 e. The highest BCUT2D eigenvalue weighted by Gasteiger charge is 2.29. The van der Waals surface area contributed by atoms with E-state index in [-0.39, 0.29) is 36.0 Å². The lowest BCUT2D eigenvalue weighted by Crippen LogP contribution is -2.38. The average Bonchev–Trinajstić information content (AvgIpc) is 3.55. The van der Waals surface area contributed by atoms with Crippen molar-refractivity contribution >= 4 is 23.4 Å². The first-order valence-corrected chi connectivity index (χ1v) is 10.5. The van der Waals surface area contributed by atoms with Crippen LogP contribution in [0.5, 0.6) is 0 Å². The number of aromatic nitrogens is 1. The van der Waals surface area contributed by atoms with Crippen LogP contribution in [0.3, 0.4) is 0 Å². The number of anilines is 1. The van der Waals surface area contributed by atoms with E-state index in [0.29, 0.717) is 5.76 Å². The highest BCUT2D eigenvalue weighted by molar-refractivity contribution is 5.95.